The van der Waals surface area contributed by atoms with Gasteiger partial charge in [-0.05, 0) is 30.4 Å². The summed E-state index contributed by atoms with van der Waals surface area (Å²) in [5, 5.41) is 12.7. The van der Waals surface area contributed by atoms with E-state index in [9.17, 15) is 5.11 Å². The van der Waals surface area contributed by atoms with Gasteiger partial charge in [-0.1, -0.05) is 23.7 Å². The van der Waals surface area contributed by atoms with Crippen molar-refractivity contribution in [1.29, 1.82) is 0 Å². The summed E-state index contributed by atoms with van der Waals surface area (Å²) < 4.78 is 10.4. The number of rotatable bonds is 6. The lowest BCUT2D eigenvalue weighted by Gasteiger charge is -2.16. The Kier molecular flexibility index (Phi) is 5.29. The molecule has 0 saturated heterocycles. The number of thiophene rings is 1. The normalized spacial score (nSPS) is 12.2. The minimum atomic E-state index is -0.621. The third-order valence-electron chi connectivity index (χ3n) is 3.12. The summed E-state index contributed by atoms with van der Waals surface area (Å²) in [6.45, 7) is 0. The molecule has 108 valence electrons. The molecule has 0 aliphatic rings. The van der Waals surface area contributed by atoms with Crippen molar-refractivity contribution in [3.05, 3.63) is 45.1 Å². The molecule has 5 heteroatoms. The lowest BCUT2D eigenvalue weighted by atomic mass is 10.0. The number of hydrogen-bond acceptors (Lipinski definition) is 4. The highest BCUT2D eigenvalue weighted by molar-refractivity contribution is 7.09. The van der Waals surface area contributed by atoms with Gasteiger partial charge >= 0.3 is 0 Å². The van der Waals surface area contributed by atoms with Gasteiger partial charge in [0.25, 0.3) is 0 Å². The lowest BCUT2D eigenvalue weighted by Crippen LogP contribution is -2.02. The number of benzene rings is 1. The van der Waals surface area contributed by atoms with Gasteiger partial charge in [-0.3, -0.25) is 0 Å². The molecule has 1 aromatic heterocycles. The van der Waals surface area contributed by atoms with Gasteiger partial charge in [-0.25, -0.2) is 0 Å². The van der Waals surface area contributed by atoms with E-state index in [1.807, 2.05) is 11.4 Å². The zero-order chi connectivity index (χ0) is 14.5. The third-order valence-corrected chi connectivity index (χ3v) is 4.44. The van der Waals surface area contributed by atoms with Crippen LogP contribution in [0, 0.1) is 0 Å². The maximum absolute atomic E-state index is 10.3. The van der Waals surface area contributed by atoms with Crippen LogP contribution in [0.4, 0.5) is 0 Å². The molecule has 1 unspecified atom stereocenters. The van der Waals surface area contributed by atoms with Crippen molar-refractivity contribution in [2.45, 2.75) is 18.9 Å². The van der Waals surface area contributed by atoms with E-state index in [-0.39, 0.29) is 0 Å². The fourth-order valence-electron chi connectivity index (χ4n) is 2.05. The summed E-state index contributed by atoms with van der Waals surface area (Å²) in [5.41, 5.74) is 0.667. The molecule has 3 nitrogen and oxygen atoms in total. The Labute approximate surface area is 127 Å². The predicted octanol–water partition coefficient (Wildman–Crippen LogP) is 4.08. The molecule has 1 atom stereocenters. The fourth-order valence-corrected chi connectivity index (χ4v) is 3.14. The Hall–Kier alpha value is -1.23. The van der Waals surface area contributed by atoms with Crippen LogP contribution in [0.2, 0.25) is 5.02 Å². The second-order valence-electron chi connectivity index (χ2n) is 4.34. The first kappa shape index (κ1) is 15.2. The Balaban J connectivity index is 2.15. The first-order valence-electron chi connectivity index (χ1n) is 6.28. The highest BCUT2D eigenvalue weighted by Crippen LogP contribution is 2.40. The Morgan fingerprint density at radius 1 is 1.25 bits per heavy atom. The van der Waals surface area contributed by atoms with E-state index in [4.69, 9.17) is 21.1 Å². The molecule has 0 radical (unpaired) electrons. The monoisotopic (exact) mass is 312 g/mol. The first-order chi connectivity index (χ1) is 9.67. The Morgan fingerprint density at radius 3 is 2.65 bits per heavy atom. The average molecular weight is 313 g/mol. The molecular formula is C15H17ClO3S. The molecule has 1 aromatic carbocycles. The van der Waals surface area contributed by atoms with Crippen LogP contribution in [0.25, 0.3) is 0 Å². The molecule has 20 heavy (non-hydrogen) atoms. The number of ether oxygens (including phenoxy) is 2. The van der Waals surface area contributed by atoms with E-state index < -0.39 is 6.10 Å². The SMILES string of the molecule is COc1ccc(C(O)CCc2cccs2)c(Cl)c1OC. The second-order valence-corrected chi connectivity index (χ2v) is 5.75. The largest absolute Gasteiger partial charge is 0.493 e. The van der Waals surface area contributed by atoms with E-state index in [0.717, 1.165) is 6.42 Å². The van der Waals surface area contributed by atoms with Crippen LogP contribution < -0.4 is 9.47 Å². The maximum Gasteiger partial charge on any atom is 0.179 e. The summed E-state index contributed by atoms with van der Waals surface area (Å²) in [6.07, 6.45) is 0.823. The molecule has 1 heterocycles. The number of aliphatic hydroxyl groups excluding tert-OH is 1. The van der Waals surface area contributed by atoms with Crippen LogP contribution in [-0.2, 0) is 6.42 Å². The maximum atomic E-state index is 10.3. The average Bonchev–Trinajstić information content (AvgIpc) is 2.97. The van der Waals surface area contributed by atoms with Gasteiger partial charge in [0.2, 0.25) is 0 Å². The summed E-state index contributed by atoms with van der Waals surface area (Å²) >= 11 is 7.98. The van der Waals surface area contributed by atoms with Crippen molar-refractivity contribution in [2.24, 2.45) is 0 Å². The summed E-state index contributed by atoms with van der Waals surface area (Å²) in [7, 11) is 3.09. The van der Waals surface area contributed by atoms with Crippen LogP contribution in [0.15, 0.2) is 29.6 Å². The van der Waals surface area contributed by atoms with Crippen molar-refractivity contribution in [2.75, 3.05) is 14.2 Å². The Bertz CT molecular complexity index is 554. The fraction of sp³-hybridized carbons (Fsp3) is 0.333. The van der Waals surface area contributed by atoms with Crippen molar-refractivity contribution in [1.82, 2.24) is 0 Å². The van der Waals surface area contributed by atoms with Crippen molar-refractivity contribution in [3.8, 4) is 11.5 Å². The van der Waals surface area contributed by atoms with Crippen LogP contribution in [-0.4, -0.2) is 19.3 Å². The molecule has 0 aliphatic heterocycles. The van der Waals surface area contributed by atoms with Crippen LogP contribution in [0.3, 0.4) is 0 Å². The molecule has 1 N–H and O–H groups in total. The quantitative estimate of drug-likeness (QED) is 0.873. The smallest absolute Gasteiger partial charge is 0.179 e. The lowest BCUT2D eigenvalue weighted by molar-refractivity contribution is 0.167. The van der Waals surface area contributed by atoms with Gasteiger partial charge in [0.05, 0.1) is 25.3 Å². The van der Waals surface area contributed by atoms with Gasteiger partial charge in [0.15, 0.2) is 11.5 Å². The zero-order valence-electron chi connectivity index (χ0n) is 11.4. The minimum absolute atomic E-state index is 0.408. The molecule has 0 saturated carbocycles. The number of aryl methyl sites for hydroxylation is 1. The number of aliphatic hydroxyl groups is 1. The van der Waals surface area contributed by atoms with E-state index in [2.05, 4.69) is 6.07 Å². The molecule has 2 rings (SSSR count). The van der Waals surface area contributed by atoms with E-state index in [0.29, 0.717) is 28.5 Å². The number of halogens is 1. The third kappa shape index (κ3) is 3.26. The van der Waals surface area contributed by atoms with Crippen molar-refractivity contribution >= 4 is 22.9 Å². The van der Waals surface area contributed by atoms with Crippen molar-refractivity contribution in [3.63, 3.8) is 0 Å². The molecule has 0 bridgehead atoms. The molecule has 0 aliphatic carbocycles. The highest BCUT2D eigenvalue weighted by Gasteiger charge is 2.18. The molecule has 0 fully saturated rings. The van der Waals surface area contributed by atoms with Crippen LogP contribution in [0.5, 0.6) is 11.5 Å². The number of methoxy groups -OCH3 is 2. The second kappa shape index (κ2) is 6.97. The van der Waals surface area contributed by atoms with Gasteiger partial charge in [-0.2, -0.15) is 0 Å². The van der Waals surface area contributed by atoms with Gasteiger partial charge < -0.3 is 14.6 Å². The van der Waals surface area contributed by atoms with E-state index >= 15 is 0 Å². The van der Waals surface area contributed by atoms with Crippen LogP contribution >= 0.6 is 22.9 Å². The highest BCUT2D eigenvalue weighted by atomic mass is 35.5. The number of hydrogen-bond donors (Lipinski definition) is 1. The summed E-state index contributed by atoms with van der Waals surface area (Å²) in [5.74, 6) is 1.02. The minimum Gasteiger partial charge on any atom is -0.493 e. The predicted molar refractivity (Wildman–Crippen MR) is 82.2 cm³/mol. The topological polar surface area (TPSA) is 38.7 Å². The summed E-state index contributed by atoms with van der Waals surface area (Å²) in [6, 6.07) is 7.61. The van der Waals surface area contributed by atoms with Crippen molar-refractivity contribution < 1.29 is 14.6 Å². The molecule has 0 amide bonds. The van der Waals surface area contributed by atoms with Gasteiger partial charge in [-0.15, -0.1) is 11.3 Å². The first-order valence-corrected chi connectivity index (χ1v) is 7.54. The molecule has 0 spiro atoms. The van der Waals surface area contributed by atoms with Gasteiger partial charge in [0, 0.05) is 10.4 Å². The van der Waals surface area contributed by atoms with Gasteiger partial charge in [0.1, 0.15) is 0 Å². The van der Waals surface area contributed by atoms with E-state index in [1.54, 1.807) is 30.6 Å². The zero-order valence-corrected chi connectivity index (χ0v) is 13.0. The van der Waals surface area contributed by atoms with E-state index in [1.165, 1.54) is 12.0 Å². The summed E-state index contributed by atoms with van der Waals surface area (Å²) in [4.78, 5) is 1.25. The molecule has 2 aromatic rings. The Morgan fingerprint density at radius 2 is 2.05 bits per heavy atom. The molecular weight excluding hydrogens is 296 g/mol. The standard InChI is InChI=1S/C15H17ClO3S/c1-18-13-8-6-11(14(16)15(13)19-2)12(17)7-5-10-4-3-9-20-10/h3-4,6,8-9,12,17H,5,7H2,1-2H3. The van der Waals surface area contributed by atoms with Crippen LogP contribution in [0.1, 0.15) is 23.0 Å².